The maximum atomic E-state index is 12.0. The van der Waals surface area contributed by atoms with Crippen molar-refractivity contribution < 1.29 is 13.9 Å². The van der Waals surface area contributed by atoms with Crippen molar-refractivity contribution in [2.24, 2.45) is 0 Å². The molecule has 1 aromatic carbocycles. The van der Waals surface area contributed by atoms with E-state index in [9.17, 15) is 9.59 Å². The lowest BCUT2D eigenvalue weighted by molar-refractivity contribution is -0.141. The van der Waals surface area contributed by atoms with Gasteiger partial charge in [0.25, 0.3) is 0 Å². The van der Waals surface area contributed by atoms with Crippen LogP contribution in [-0.2, 0) is 21.9 Å². The molecule has 0 fully saturated rings. The zero-order valence-corrected chi connectivity index (χ0v) is 16.7. The molecule has 0 unspecified atom stereocenters. The number of thiophene rings is 1. The SMILES string of the molecule is Cc1cc2oc(=O)cc(COC(=O)CSCc3ccc(Cl)s3)c2cc1C. The van der Waals surface area contributed by atoms with E-state index in [0.29, 0.717) is 16.9 Å². The van der Waals surface area contributed by atoms with Crippen LogP contribution in [0.2, 0.25) is 4.34 Å². The summed E-state index contributed by atoms with van der Waals surface area (Å²) >= 11 is 8.86. The summed E-state index contributed by atoms with van der Waals surface area (Å²) < 4.78 is 11.3. The normalized spacial score (nSPS) is 11.0. The molecule has 26 heavy (non-hydrogen) atoms. The van der Waals surface area contributed by atoms with Crippen molar-refractivity contribution in [3.63, 3.8) is 0 Å². The summed E-state index contributed by atoms with van der Waals surface area (Å²) in [5, 5.41) is 0.793. The van der Waals surface area contributed by atoms with E-state index in [1.54, 1.807) is 0 Å². The first-order chi connectivity index (χ1) is 12.4. The van der Waals surface area contributed by atoms with Gasteiger partial charge in [0, 0.05) is 27.6 Å². The molecule has 0 bridgehead atoms. The van der Waals surface area contributed by atoms with Gasteiger partial charge in [-0.15, -0.1) is 23.1 Å². The number of thioether (sulfide) groups is 1. The Kier molecular flexibility index (Phi) is 6.06. The summed E-state index contributed by atoms with van der Waals surface area (Å²) in [6.07, 6.45) is 0. The van der Waals surface area contributed by atoms with Crippen LogP contribution in [0.5, 0.6) is 0 Å². The van der Waals surface area contributed by atoms with E-state index in [0.717, 1.165) is 25.7 Å². The third-order valence-electron chi connectivity index (χ3n) is 3.93. The Bertz CT molecular complexity index is 1010. The molecule has 4 nitrogen and oxygen atoms in total. The molecule has 136 valence electrons. The number of hydrogen-bond acceptors (Lipinski definition) is 6. The van der Waals surface area contributed by atoms with Crippen molar-refractivity contribution in [1.82, 2.24) is 0 Å². The van der Waals surface area contributed by atoms with E-state index in [2.05, 4.69) is 0 Å². The predicted octanol–water partition coefficient (Wildman–Crippen LogP) is 5.10. The predicted molar refractivity (Wildman–Crippen MR) is 107 cm³/mol. The number of benzene rings is 1. The third-order valence-corrected chi connectivity index (χ3v) is 6.30. The second-order valence-corrected chi connectivity index (χ2v) is 8.67. The molecule has 2 aromatic heterocycles. The van der Waals surface area contributed by atoms with Crippen LogP contribution < -0.4 is 5.63 Å². The Balaban J connectivity index is 1.62. The second kappa shape index (κ2) is 8.29. The zero-order valence-electron chi connectivity index (χ0n) is 14.3. The number of carbonyl (C=O) groups is 1. The fourth-order valence-corrected chi connectivity index (χ4v) is 4.48. The molecule has 0 spiro atoms. The van der Waals surface area contributed by atoms with Crippen molar-refractivity contribution in [3.05, 3.63) is 66.7 Å². The fourth-order valence-electron chi connectivity index (χ4n) is 2.47. The van der Waals surface area contributed by atoms with Gasteiger partial charge < -0.3 is 9.15 Å². The van der Waals surface area contributed by atoms with Gasteiger partial charge >= 0.3 is 11.6 Å². The number of halogens is 1. The molecule has 0 saturated carbocycles. The summed E-state index contributed by atoms with van der Waals surface area (Å²) in [5.41, 5.74) is 2.85. The summed E-state index contributed by atoms with van der Waals surface area (Å²) in [4.78, 5) is 24.9. The standard InChI is InChI=1S/C19H17ClO4S2/c1-11-5-15-13(7-18(21)24-16(15)6-12(11)2)8-23-19(22)10-25-9-14-3-4-17(20)26-14/h3-7H,8-10H2,1-2H3. The van der Waals surface area contributed by atoms with E-state index in [1.807, 2.05) is 38.1 Å². The molecule has 0 N–H and O–H groups in total. The minimum Gasteiger partial charge on any atom is -0.460 e. The Morgan fingerprint density at radius 3 is 2.73 bits per heavy atom. The molecule has 0 amide bonds. The first kappa shape index (κ1) is 19.0. The zero-order chi connectivity index (χ0) is 18.7. The number of rotatable bonds is 6. The quantitative estimate of drug-likeness (QED) is 0.419. The molecular weight excluding hydrogens is 392 g/mol. The highest BCUT2D eigenvalue weighted by Crippen LogP contribution is 2.25. The van der Waals surface area contributed by atoms with Crippen LogP contribution in [0, 0.1) is 13.8 Å². The van der Waals surface area contributed by atoms with Crippen LogP contribution in [-0.4, -0.2) is 11.7 Å². The number of aryl methyl sites for hydroxylation is 2. The van der Waals surface area contributed by atoms with Gasteiger partial charge in [-0.25, -0.2) is 4.79 Å². The highest BCUT2D eigenvalue weighted by Gasteiger charge is 2.11. The molecule has 3 rings (SSSR count). The van der Waals surface area contributed by atoms with Gasteiger partial charge in [0.2, 0.25) is 0 Å². The van der Waals surface area contributed by atoms with Crippen molar-refractivity contribution in [2.75, 3.05) is 5.75 Å². The molecule has 0 aliphatic rings. The minimum absolute atomic E-state index is 0.0504. The van der Waals surface area contributed by atoms with Crippen molar-refractivity contribution in [3.8, 4) is 0 Å². The Hall–Kier alpha value is -1.76. The van der Waals surface area contributed by atoms with Crippen LogP contribution >= 0.6 is 34.7 Å². The maximum Gasteiger partial charge on any atom is 0.336 e. The van der Waals surface area contributed by atoms with E-state index in [1.165, 1.54) is 29.2 Å². The van der Waals surface area contributed by atoms with Crippen molar-refractivity contribution in [2.45, 2.75) is 26.2 Å². The molecule has 3 aromatic rings. The van der Waals surface area contributed by atoms with Gasteiger partial charge in [0.1, 0.15) is 12.2 Å². The monoisotopic (exact) mass is 408 g/mol. The summed E-state index contributed by atoms with van der Waals surface area (Å²) in [6, 6.07) is 8.96. The van der Waals surface area contributed by atoms with Crippen molar-refractivity contribution >= 4 is 51.6 Å². The lowest BCUT2D eigenvalue weighted by atomic mass is 10.0. The summed E-state index contributed by atoms with van der Waals surface area (Å²) in [6.45, 7) is 4.00. The topological polar surface area (TPSA) is 56.5 Å². The van der Waals surface area contributed by atoms with E-state index >= 15 is 0 Å². The van der Waals surface area contributed by atoms with Crippen LogP contribution in [0.1, 0.15) is 21.6 Å². The molecule has 0 saturated heterocycles. The highest BCUT2D eigenvalue weighted by molar-refractivity contribution is 7.99. The van der Waals surface area contributed by atoms with Crippen LogP contribution in [0.25, 0.3) is 11.0 Å². The summed E-state index contributed by atoms with van der Waals surface area (Å²) in [5.74, 6) is 0.637. The van der Waals surface area contributed by atoms with Crippen LogP contribution in [0.3, 0.4) is 0 Å². The summed E-state index contributed by atoms with van der Waals surface area (Å²) in [7, 11) is 0. The molecule has 2 heterocycles. The average Bonchev–Trinajstić information content (AvgIpc) is 2.99. The van der Waals surface area contributed by atoms with E-state index in [4.69, 9.17) is 20.8 Å². The molecule has 0 radical (unpaired) electrons. The number of carbonyl (C=O) groups excluding carboxylic acids is 1. The number of hydrogen-bond donors (Lipinski definition) is 0. The number of esters is 1. The lowest BCUT2D eigenvalue weighted by Gasteiger charge is -2.09. The first-order valence-corrected chi connectivity index (χ1v) is 10.3. The molecule has 7 heteroatoms. The number of ether oxygens (including phenoxy) is 1. The van der Waals surface area contributed by atoms with Crippen LogP contribution in [0.4, 0.5) is 0 Å². The fraction of sp³-hybridized carbons (Fsp3) is 0.263. The average molecular weight is 409 g/mol. The molecule has 0 aliphatic carbocycles. The molecule has 0 aliphatic heterocycles. The van der Waals surface area contributed by atoms with Gasteiger partial charge in [-0.1, -0.05) is 11.6 Å². The Morgan fingerprint density at radius 2 is 2.00 bits per heavy atom. The Morgan fingerprint density at radius 1 is 1.23 bits per heavy atom. The largest absolute Gasteiger partial charge is 0.460 e. The van der Waals surface area contributed by atoms with Gasteiger partial charge in [0.05, 0.1) is 10.1 Å². The van der Waals surface area contributed by atoms with Gasteiger partial charge in [0.15, 0.2) is 0 Å². The number of fused-ring (bicyclic) bond motifs is 1. The molecular formula is C19H17ClO4S2. The van der Waals surface area contributed by atoms with Gasteiger partial charge in [-0.05, 0) is 49.2 Å². The lowest BCUT2D eigenvalue weighted by Crippen LogP contribution is -2.09. The highest BCUT2D eigenvalue weighted by atomic mass is 35.5. The molecule has 0 atom stereocenters. The van der Waals surface area contributed by atoms with E-state index < -0.39 is 5.63 Å². The maximum absolute atomic E-state index is 12.0. The second-order valence-electron chi connectivity index (χ2n) is 5.88. The van der Waals surface area contributed by atoms with Crippen LogP contribution in [0.15, 0.2) is 39.5 Å². The smallest absolute Gasteiger partial charge is 0.336 e. The first-order valence-electron chi connectivity index (χ1n) is 7.94. The van der Waals surface area contributed by atoms with Gasteiger partial charge in [-0.2, -0.15) is 0 Å². The van der Waals surface area contributed by atoms with Gasteiger partial charge in [-0.3, -0.25) is 4.79 Å². The van der Waals surface area contributed by atoms with E-state index in [-0.39, 0.29) is 18.3 Å². The Labute approximate surface area is 164 Å². The van der Waals surface area contributed by atoms with Crippen molar-refractivity contribution in [1.29, 1.82) is 0 Å². The third kappa shape index (κ3) is 4.69. The minimum atomic E-state index is -0.448.